The predicted molar refractivity (Wildman–Crippen MR) is 38.3 cm³/mol. The Morgan fingerprint density at radius 2 is 2.43 bits per heavy atom. The molecule has 1 heterocycles. The molecule has 0 bridgehead atoms. The van der Waals surface area contributed by atoms with Crippen LogP contribution in [0.2, 0.25) is 0 Å². The van der Waals surface area contributed by atoms with E-state index in [1.165, 1.54) is 17.9 Å². The van der Waals surface area contributed by atoms with E-state index in [0.717, 1.165) is 10.5 Å². The van der Waals surface area contributed by atoms with Crippen LogP contribution in [0.4, 0.5) is 0 Å². The van der Waals surface area contributed by atoms with Crippen LogP contribution in [0.5, 0.6) is 0 Å². The summed E-state index contributed by atoms with van der Waals surface area (Å²) in [5, 5.41) is 0. The Kier molecular flexibility index (Phi) is 1.53. The van der Waals surface area contributed by atoms with Crippen molar-refractivity contribution in [2.45, 2.75) is 20.3 Å². The van der Waals surface area contributed by atoms with Crippen LogP contribution >= 0.6 is 10.5 Å². The summed E-state index contributed by atoms with van der Waals surface area (Å²) in [6, 6.07) is 0. The van der Waals surface area contributed by atoms with Crippen molar-refractivity contribution in [1.29, 1.82) is 0 Å². The van der Waals surface area contributed by atoms with Gasteiger partial charge in [-0.1, -0.05) is 6.92 Å². The lowest BCUT2D eigenvalue weighted by atomic mass is 10.4. The molecule has 0 aliphatic carbocycles. The molecule has 7 heavy (non-hydrogen) atoms. The fourth-order valence-electron chi connectivity index (χ4n) is 0.841. The first-order chi connectivity index (χ1) is 3.34. The van der Waals surface area contributed by atoms with Gasteiger partial charge in [0.25, 0.3) is 0 Å². The van der Waals surface area contributed by atoms with Crippen LogP contribution in [0.1, 0.15) is 20.3 Å². The highest BCUT2D eigenvalue weighted by Crippen LogP contribution is 2.26. The Morgan fingerprint density at radius 3 is 2.43 bits per heavy atom. The van der Waals surface area contributed by atoms with Gasteiger partial charge in [-0.2, -0.15) is 10.5 Å². The highest BCUT2D eigenvalue weighted by molar-refractivity contribution is 8.17. The van der Waals surface area contributed by atoms with Crippen molar-refractivity contribution in [3.63, 3.8) is 0 Å². The quantitative estimate of drug-likeness (QED) is 0.459. The average Bonchev–Trinajstić information content (AvgIpc) is 1.65. The minimum absolute atomic E-state index is 0.769. The van der Waals surface area contributed by atoms with E-state index in [-0.39, 0.29) is 0 Å². The van der Waals surface area contributed by atoms with Crippen LogP contribution in [0.25, 0.3) is 0 Å². The first-order valence-corrected chi connectivity index (χ1v) is 4.41. The molecule has 1 aliphatic rings. The zero-order valence-corrected chi connectivity index (χ0v) is 5.85. The maximum absolute atomic E-state index is 2.29. The molecule has 1 heteroatoms. The summed E-state index contributed by atoms with van der Waals surface area (Å²) >= 11 is 0. The Morgan fingerprint density at radius 1 is 1.71 bits per heavy atom. The van der Waals surface area contributed by atoms with Crippen molar-refractivity contribution in [2.75, 3.05) is 11.5 Å². The van der Waals surface area contributed by atoms with Crippen molar-refractivity contribution in [3.05, 3.63) is 0 Å². The molecule has 0 spiro atoms. The Bertz CT molecular complexity index is 103. The van der Waals surface area contributed by atoms with Crippen LogP contribution < -0.4 is 0 Å². The topological polar surface area (TPSA) is 0 Å². The molecule has 42 valence electrons. The van der Waals surface area contributed by atoms with Crippen LogP contribution in [-0.4, -0.2) is 16.4 Å². The molecule has 1 unspecified atom stereocenters. The molecule has 0 aromatic heterocycles. The van der Waals surface area contributed by atoms with Crippen molar-refractivity contribution in [3.8, 4) is 0 Å². The molecule has 0 nitrogen and oxygen atoms in total. The van der Waals surface area contributed by atoms with E-state index in [9.17, 15) is 0 Å². The summed E-state index contributed by atoms with van der Waals surface area (Å²) in [6.07, 6.45) is 1.41. The summed E-state index contributed by atoms with van der Waals surface area (Å²) in [5.74, 6) is 2.88. The van der Waals surface area contributed by atoms with Gasteiger partial charge in [0.2, 0.25) is 0 Å². The Labute approximate surface area is 47.9 Å². The van der Waals surface area contributed by atoms with Gasteiger partial charge in [-0.3, -0.25) is 0 Å². The molecule has 0 saturated carbocycles. The molecule has 0 amide bonds. The third kappa shape index (κ3) is 0.880. The summed E-state index contributed by atoms with van der Waals surface area (Å²) in [4.78, 5) is 1.75. The smallest absolute Gasteiger partial charge is 0.00757 e. The SMILES string of the molecule is CCS1=C(C)CC1. The van der Waals surface area contributed by atoms with E-state index in [1.54, 1.807) is 4.86 Å². The molecule has 1 rings (SSSR count). The monoisotopic (exact) mass is 116 g/mol. The van der Waals surface area contributed by atoms with Crippen LogP contribution in [0.3, 0.4) is 0 Å². The van der Waals surface area contributed by atoms with Gasteiger partial charge in [-0.25, -0.2) is 0 Å². The second-order valence-electron chi connectivity index (χ2n) is 1.94. The largest absolute Gasteiger partial charge is 0.187 e. The molecule has 0 fully saturated rings. The van der Waals surface area contributed by atoms with Crippen LogP contribution in [0.15, 0.2) is 0 Å². The first-order valence-electron chi connectivity index (χ1n) is 2.84. The lowest BCUT2D eigenvalue weighted by Gasteiger charge is -2.20. The normalized spacial score (nSPS) is 30.0. The number of hydrogen-bond acceptors (Lipinski definition) is 0. The fourth-order valence-corrected chi connectivity index (χ4v) is 2.52. The Hall–Kier alpha value is 0.220. The zero-order valence-electron chi connectivity index (χ0n) is 5.03. The highest BCUT2D eigenvalue weighted by atomic mass is 32.2. The van der Waals surface area contributed by atoms with Gasteiger partial charge in [0, 0.05) is 0 Å². The van der Waals surface area contributed by atoms with Crippen LogP contribution in [0, 0.1) is 0 Å². The summed E-state index contributed by atoms with van der Waals surface area (Å²) in [5.41, 5.74) is 0. The second-order valence-corrected chi connectivity index (χ2v) is 4.61. The van der Waals surface area contributed by atoms with E-state index in [2.05, 4.69) is 13.8 Å². The molecule has 0 saturated heterocycles. The predicted octanol–water partition coefficient (Wildman–Crippen LogP) is 1.87. The molecule has 0 aromatic carbocycles. The fraction of sp³-hybridized carbons (Fsp3) is 0.833. The summed E-state index contributed by atoms with van der Waals surface area (Å²) < 4.78 is 0. The van der Waals surface area contributed by atoms with E-state index in [1.807, 2.05) is 0 Å². The van der Waals surface area contributed by atoms with E-state index in [0.29, 0.717) is 0 Å². The van der Waals surface area contributed by atoms with Crippen molar-refractivity contribution >= 4 is 15.3 Å². The van der Waals surface area contributed by atoms with Gasteiger partial charge in [-0.15, -0.1) is 0 Å². The van der Waals surface area contributed by atoms with Gasteiger partial charge in [0.1, 0.15) is 0 Å². The number of rotatable bonds is 1. The van der Waals surface area contributed by atoms with Gasteiger partial charge in [0.15, 0.2) is 0 Å². The zero-order chi connectivity index (χ0) is 5.28. The minimum atomic E-state index is 0.769. The van der Waals surface area contributed by atoms with Gasteiger partial charge in [0.05, 0.1) is 0 Å². The van der Waals surface area contributed by atoms with Crippen LogP contribution in [-0.2, 0) is 0 Å². The summed E-state index contributed by atoms with van der Waals surface area (Å²) in [6.45, 7) is 4.57. The summed E-state index contributed by atoms with van der Waals surface area (Å²) in [7, 11) is 0.769. The maximum Gasteiger partial charge on any atom is -0.00757 e. The van der Waals surface area contributed by atoms with E-state index < -0.39 is 0 Å². The third-order valence-corrected chi connectivity index (χ3v) is 4.13. The third-order valence-electron chi connectivity index (χ3n) is 1.54. The average molecular weight is 116 g/mol. The second kappa shape index (κ2) is 1.99. The number of hydrogen-bond donors (Lipinski definition) is 0. The Balaban J connectivity index is 2.53. The molecular formula is C6H12S. The van der Waals surface area contributed by atoms with E-state index in [4.69, 9.17) is 0 Å². The van der Waals surface area contributed by atoms with Gasteiger partial charge >= 0.3 is 0 Å². The molecule has 1 aliphatic heterocycles. The van der Waals surface area contributed by atoms with Gasteiger partial charge in [-0.05, 0) is 29.7 Å². The minimum Gasteiger partial charge on any atom is -0.187 e. The van der Waals surface area contributed by atoms with E-state index >= 15 is 0 Å². The van der Waals surface area contributed by atoms with Crippen molar-refractivity contribution in [2.24, 2.45) is 0 Å². The molecular weight excluding hydrogens is 104 g/mol. The van der Waals surface area contributed by atoms with Gasteiger partial charge < -0.3 is 0 Å². The maximum atomic E-state index is 2.29. The molecule has 0 radical (unpaired) electrons. The lowest BCUT2D eigenvalue weighted by Crippen LogP contribution is -2.09. The molecule has 1 atom stereocenters. The first kappa shape index (κ1) is 5.36. The van der Waals surface area contributed by atoms with Crippen molar-refractivity contribution in [1.82, 2.24) is 0 Å². The lowest BCUT2D eigenvalue weighted by molar-refractivity contribution is 1.27. The van der Waals surface area contributed by atoms with Crippen molar-refractivity contribution < 1.29 is 0 Å². The molecule has 0 N–H and O–H groups in total. The highest BCUT2D eigenvalue weighted by Gasteiger charge is 2.07. The molecule has 0 aromatic rings. The standard InChI is InChI=1S/C6H12S/c1-3-7-5-4-6(7)2/h3-5H2,1-2H3.